The molecular formula is C32H37NO9. The zero-order valence-corrected chi connectivity index (χ0v) is 24.5. The number of carbonyl (C=O) groups is 4. The van der Waals surface area contributed by atoms with E-state index in [1.165, 1.54) is 20.0 Å². The Bertz CT molecular complexity index is 1350. The molecule has 0 amide bonds. The lowest BCUT2D eigenvalue weighted by Crippen LogP contribution is -2.74. The SMILES string of the molecule is CC(=O)OC[C@@]12[C@H](OC(C)=O)[C@@H](OC(=O)c3cccnc3)[C@@H]3C[C@]1(OC3(C)C)[C@@H](C)CC[C@H]2OC(=O)c1ccccc1. The number of pyridine rings is 1. The Morgan fingerprint density at radius 3 is 2.24 bits per heavy atom. The summed E-state index contributed by atoms with van der Waals surface area (Å²) >= 11 is 0. The highest BCUT2D eigenvalue weighted by Gasteiger charge is 2.79. The first-order valence-corrected chi connectivity index (χ1v) is 14.3. The van der Waals surface area contributed by atoms with Gasteiger partial charge in [0.2, 0.25) is 0 Å². The molecule has 2 bridgehead atoms. The van der Waals surface area contributed by atoms with E-state index in [0.29, 0.717) is 24.8 Å². The van der Waals surface area contributed by atoms with Gasteiger partial charge in [0.1, 0.15) is 24.2 Å². The molecule has 7 atom stereocenters. The second-order valence-corrected chi connectivity index (χ2v) is 12.1. The van der Waals surface area contributed by atoms with E-state index in [4.69, 9.17) is 23.7 Å². The van der Waals surface area contributed by atoms with Crippen molar-refractivity contribution in [1.29, 1.82) is 0 Å². The lowest BCUT2D eigenvalue weighted by molar-refractivity contribution is -0.287. The van der Waals surface area contributed by atoms with Gasteiger partial charge in [0.25, 0.3) is 0 Å². The fraction of sp³-hybridized carbons (Fsp3) is 0.531. The van der Waals surface area contributed by atoms with E-state index in [0.717, 1.165) is 0 Å². The van der Waals surface area contributed by atoms with Gasteiger partial charge in [-0.05, 0) is 63.3 Å². The van der Waals surface area contributed by atoms with Crippen LogP contribution in [0.15, 0.2) is 54.9 Å². The van der Waals surface area contributed by atoms with Crippen molar-refractivity contribution in [3.63, 3.8) is 0 Å². The number of fused-ring (bicyclic) bond motifs is 1. The van der Waals surface area contributed by atoms with Crippen LogP contribution in [0.3, 0.4) is 0 Å². The molecule has 10 nitrogen and oxygen atoms in total. The van der Waals surface area contributed by atoms with Crippen molar-refractivity contribution >= 4 is 23.9 Å². The Labute approximate surface area is 245 Å². The molecule has 0 unspecified atom stereocenters. The number of nitrogens with zero attached hydrogens (tertiary/aromatic N) is 1. The normalized spacial score (nSPS) is 32.6. The van der Waals surface area contributed by atoms with Crippen LogP contribution in [0.4, 0.5) is 0 Å². The van der Waals surface area contributed by atoms with Crippen molar-refractivity contribution in [3.05, 3.63) is 66.0 Å². The lowest BCUT2D eigenvalue weighted by atomic mass is 9.49. The maximum absolute atomic E-state index is 13.5. The zero-order chi connectivity index (χ0) is 30.3. The van der Waals surface area contributed by atoms with Crippen molar-refractivity contribution in [3.8, 4) is 0 Å². The minimum Gasteiger partial charge on any atom is -0.465 e. The molecule has 1 aromatic carbocycles. The highest BCUT2D eigenvalue weighted by molar-refractivity contribution is 5.90. The Hall–Kier alpha value is -3.79. The van der Waals surface area contributed by atoms with E-state index in [1.54, 1.807) is 48.7 Å². The molecular weight excluding hydrogens is 542 g/mol. The number of rotatable bonds is 7. The summed E-state index contributed by atoms with van der Waals surface area (Å²) < 4.78 is 31.2. The van der Waals surface area contributed by atoms with Gasteiger partial charge in [-0.15, -0.1) is 0 Å². The third-order valence-electron chi connectivity index (χ3n) is 9.29. The molecule has 42 heavy (non-hydrogen) atoms. The Balaban J connectivity index is 1.68. The number of benzene rings is 1. The van der Waals surface area contributed by atoms with Crippen molar-refractivity contribution in [2.45, 2.75) is 83.4 Å². The minimum atomic E-state index is -1.39. The largest absolute Gasteiger partial charge is 0.465 e. The maximum Gasteiger partial charge on any atom is 0.340 e. The predicted molar refractivity (Wildman–Crippen MR) is 148 cm³/mol. The van der Waals surface area contributed by atoms with Crippen LogP contribution in [0.1, 0.15) is 74.6 Å². The van der Waals surface area contributed by atoms with Gasteiger partial charge in [-0.2, -0.15) is 0 Å². The fourth-order valence-electron chi connectivity index (χ4n) is 7.43. The van der Waals surface area contributed by atoms with Gasteiger partial charge in [-0.1, -0.05) is 25.1 Å². The van der Waals surface area contributed by atoms with Crippen LogP contribution < -0.4 is 0 Å². The molecule has 224 valence electrons. The zero-order valence-electron chi connectivity index (χ0n) is 24.5. The van der Waals surface area contributed by atoms with E-state index in [2.05, 4.69) is 4.98 Å². The molecule has 0 radical (unpaired) electrons. The fourth-order valence-corrected chi connectivity index (χ4v) is 7.43. The van der Waals surface area contributed by atoms with Gasteiger partial charge in [-0.25, -0.2) is 9.59 Å². The standard InChI is InChI=1S/C32H37NO9/c1-19-13-14-25(40-28(36)22-10-7-6-8-11-22)31(18-38-20(2)34)27(39-21(3)35)26(24-16-32(19,31)42-30(24,4)5)41-29(37)23-12-9-15-33-17-23/h6-12,15,17,19,24-27H,13-14,16,18H2,1-5H3/t19-,24-,25+,26-,27+,31+,32-/m0/s1. The monoisotopic (exact) mass is 579 g/mol. The number of aromatic nitrogens is 1. The summed E-state index contributed by atoms with van der Waals surface area (Å²) in [5, 5.41) is 0. The molecule has 1 aliphatic heterocycles. The number of hydrogen-bond acceptors (Lipinski definition) is 10. The molecule has 1 saturated heterocycles. The van der Waals surface area contributed by atoms with Gasteiger partial charge in [0, 0.05) is 32.2 Å². The molecule has 0 N–H and O–H groups in total. The molecule has 2 aromatic rings. The Morgan fingerprint density at radius 2 is 1.60 bits per heavy atom. The number of hydrogen-bond donors (Lipinski definition) is 0. The summed E-state index contributed by atoms with van der Waals surface area (Å²) in [7, 11) is 0. The highest BCUT2D eigenvalue weighted by Crippen LogP contribution is 2.67. The van der Waals surface area contributed by atoms with E-state index in [1.807, 2.05) is 20.8 Å². The summed E-state index contributed by atoms with van der Waals surface area (Å²) in [5.74, 6) is -2.89. The van der Waals surface area contributed by atoms with Crippen molar-refractivity contribution in [2.24, 2.45) is 17.3 Å². The predicted octanol–water partition coefficient (Wildman–Crippen LogP) is 4.31. The second-order valence-electron chi connectivity index (χ2n) is 12.1. The summed E-state index contributed by atoms with van der Waals surface area (Å²) in [6.07, 6.45) is 1.31. The van der Waals surface area contributed by atoms with Crippen LogP contribution in [-0.4, -0.2) is 65.0 Å². The van der Waals surface area contributed by atoms with Crippen molar-refractivity contribution in [2.75, 3.05) is 6.61 Å². The average Bonchev–Trinajstić information content (AvgIpc) is 3.22. The van der Waals surface area contributed by atoms with Crippen LogP contribution in [0.25, 0.3) is 0 Å². The minimum absolute atomic E-state index is 0.1000. The second kappa shape index (κ2) is 11.1. The van der Waals surface area contributed by atoms with E-state index in [9.17, 15) is 19.2 Å². The first-order valence-electron chi connectivity index (χ1n) is 14.3. The highest BCUT2D eigenvalue weighted by atomic mass is 16.6. The molecule has 2 aliphatic carbocycles. The van der Waals surface area contributed by atoms with Gasteiger partial charge < -0.3 is 23.7 Å². The quantitative estimate of drug-likeness (QED) is 0.346. The number of ether oxygens (including phenoxy) is 5. The van der Waals surface area contributed by atoms with Crippen LogP contribution in [0, 0.1) is 17.3 Å². The van der Waals surface area contributed by atoms with Crippen molar-refractivity contribution < 1.29 is 42.9 Å². The van der Waals surface area contributed by atoms with Gasteiger partial charge in [0.05, 0.1) is 22.3 Å². The molecule has 5 rings (SSSR count). The lowest BCUT2D eigenvalue weighted by Gasteiger charge is -2.61. The maximum atomic E-state index is 13.5. The van der Waals surface area contributed by atoms with Crippen LogP contribution >= 0.6 is 0 Å². The molecule has 2 heterocycles. The smallest absolute Gasteiger partial charge is 0.340 e. The summed E-state index contributed by atoms with van der Waals surface area (Å²) in [6.45, 7) is 8.15. The van der Waals surface area contributed by atoms with Crippen LogP contribution in [0.2, 0.25) is 0 Å². The Morgan fingerprint density at radius 1 is 0.905 bits per heavy atom. The van der Waals surface area contributed by atoms with Gasteiger partial charge in [-0.3, -0.25) is 14.6 Å². The van der Waals surface area contributed by atoms with Crippen LogP contribution in [-0.2, 0) is 33.3 Å². The van der Waals surface area contributed by atoms with Crippen LogP contribution in [0.5, 0.6) is 0 Å². The number of esters is 4. The summed E-state index contributed by atoms with van der Waals surface area (Å²) in [4.78, 5) is 56.0. The Kier molecular flexibility index (Phi) is 7.87. The average molecular weight is 580 g/mol. The van der Waals surface area contributed by atoms with Gasteiger partial charge in [0.15, 0.2) is 6.10 Å². The third kappa shape index (κ3) is 4.95. The van der Waals surface area contributed by atoms with E-state index < -0.39 is 58.8 Å². The van der Waals surface area contributed by atoms with Crippen molar-refractivity contribution in [1.82, 2.24) is 4.98 Å². The topological polar surface area (TPSA) is 127 Å². The van der Waals surface area contributed by atoms with Gasteiger partial charge >= 0.3 is 23.9 Å². The molecule has 1 aromatic heterocycles. The van der Waals surface area contributed by atoms with E-state index >= 15 is 0 Å². The molecule has 3 aliphatic rings. The first-order chi connectivity index (χ1) is 19.9. The summed E-state index contributed by atoms with van der Waals surface area (Å²) in [5.41, 5.74) is -2.69. The van der Waals surface area contributed by atoms with E-state index in [-0.39, 0.29) is 24.0 Å². The number of carbonyl (C=O) groups excluding carboxylic acids is 4. The third-order valence-corrected chi connectivity index (χ3v) is 9.29. The molecule has 3 fully saturated rings. The summed E-state index contributed by atoms with van der Waals surface area (Å²) in [6, 6.07) is 11.8. The molecule has 2 saturated carbocycles. The molecule has 10 heteroatoms. The first kappa shape index (κ1) is 29.7. The molecule has 1 spiro atoms.